The van der Waals surface area contributed by atoms with E-state index in [-0.39, 0.29) is 11.3 Å². The number of carbonyl (C=O) groups is 2. The second kappa shape index (κ2) is 8.45. The number of amides is 2. The van der Waals surface area contributed by atoms with Crippen LogP contribution in [0.1, 0.15) is 33.3 Å². The number of nitrogens with one attached hydrogen (secondary N) is 2. The molecule has 0 radical (unpaired) electrons. The summed E-state index contributed by atoms with van der Waals surface area (Å²) < 4.78 is 6.25. The van der Waals surface area contributed by atoms with Gasteiger partial charge in [-0.2, -0.15) is 5.10 Å². The summed E-state index contributed by atoms with van der Waals surface area (Å²) in [6.07, 6.45) is 0. The molecule has 8 heteroatoms. The van der Waals surface area contributed by atoms with Gasteiger partial charge in [-0.05, 0) is 30.7 Å². The van der Waals surface area contributed by atoms with Crippen LogP contribution in [0.5, 0.6) is 0 Å². The van der Waals surface area contributed by atoms with Crippen LogP contribution in [0.4, 0.5) is 0 Å². The van der Waals surface area contributed by atoms with Crippen LogP contribution in [-0.4, -0.2) is 28.7 Å². The highest BCUT2D eigenvalue weighted by Crippen LogP contribution is 2.13. The average Bonchev–Trinajstić information content (AvgIpc) is 2.73. The lowest BCUT2D eigenvalue weighted by Gasteiger charge is -2.11. The van der Waals surface area contributed by atoms with Crippen molar-refractivity contribution in [3.63, 3.8) is 0 Å². The van der Waals surface area contributed by atoms with Gasteiger partial charge in [0, 0.05) is 24.6 Å². The third-order valence-electron chi connectivity index (χ3n) is 4.20. The molecule has 0 aliphatic carbocycles. The lowest BCUT2D eigenvalue weighted by molar-refractivity contribution is 0.0843. The van der Waals surface area contributed by atoms with Crippen LogP contribution < -0.4 is 16.4 Å². The first kappa shape index (κ1) is 19.2. The van der Waals surface area contributed by atoms with Crippen molar-refractivity contribution < 1.29 is 14.3 Å². The number of fused-ring (bicyclic) bond motifs is 1. The third-order valence-corrected chi connectivity index (χ3v) is 4.20. The van der Waals surface area contributed by atoms with Gasteiger partial charge < -0.3 is 4.74 Å². The van der Waals surface area contributed by atoms with E-state index in [9.17, 15) is 14.4 Å². The fraction of sp³-hybridized carbons (Fsp3) is 0.200. The van der Waals surface area contributed by atoms with Crippen LogP contribution in [0.2, 0.25) is 0 Å². The molecular weight excluding hydrogens is 360 g/mol. The van der Waals surface area contributed by atoms with Gasteiger partial charge >= 0.3 is 0 Å². The van der Waals surface area contributed by atoms with Crippen molar-refractivity contribution in [1.29, 1.82) is 0 Å². The van der Waals surface area contributed by atoms with Crippen molar-refractivity contribution >= 4 is 22.6 Å². The van der Waals surface area contributed by atoms with Crippen LogP contribution in [-0.2, 0) is 17.9 Å². The molecule has 0 unspecified atom stereocenters. The van der Waals surface area contributed by atoms with Gasteiger partial charge in [-0.15, -0.1) is 0 Å². The van der Waals surface area contributed by atoms with Crippen LogP contribution in [0.3, 0.4) is 0 Å². The molecule has 0 saturated carbocycles. The largest absolute Gasteiger partial charge is 0.380 e. The minimum atomic E-state index is -0.609. The van der Waals surface area contributed by atoms with Gasteiger partial charge in [0.2, 0.25) is 0 Å². The van der Waals surface area contributed by atoms with E-state index in [0.717, 1.165) is 5.56 Å². The molecule has 3 aromatic rings. The van der Waals surface area contributed by atoms with Gasteiger partial charge in [-0.3, -0.25) is 25.2 Å². The highest BCUT2D eigenvalue weighted by molar-refractivity contribution is 6.06. The van der Waals surface area contributed by atoms with Gasteiger partial charge in [0.05, 0.1) is 12.0 Å². The Balaban J connectivity index is 1.79. The number of methoxy groups -OCH3 is 1. The smallest absolute Gasteiger partial charge is 0.290 e. The van der Waals surface area contributed by atoms with E-state index in [1.807, 2.05) is 0 Å². The molecule has 28 heavy (non-hydrogen) atoms. The van der Waals surface area contributed by atoms with Crippen LogP contribution >= 0.6 is 0 Å². The summed E-state index contributed by atoms with van der Waals surface area (Å²) >= 11 is 0. The number of hydrazine groups is 1. The molecule has 2 aromatic carbocycles. The van der Waals surface area contributed by atoms with E-state index in [4.69, 9.17) is 4.74 Å². The molecule has 0 saturated heterocycles. The highest BCUT2D eigenvalue weighted by atomic mass is 16.5. The number of ether oxygens (including phenoxy) is 1. The second-order valence-corrected chi connectivity index (χ2v) is 6.05. The molecule has 2 N–H and O–H groups in total. The number of aryl methyl sites for hydroxylation is 1. The van der Waals surface area contributed by atoms with Crippen LogP contribution in [0, 0.1) is 0 Å². The first-order chi connectivity index (χ1) is 13.5. The molecule has 0 bridgehead atoms. The van der Waals surface area contributed by atoms with E-state index in [2.05, 4.69) is 16.0 Å². The molecule has 1 heterocycles. The van der Waals surface area contributed by atoms with Crippen LogP contribution in [0.15, 0.2) is 53.3 Å². The second-order valence-electron chi connectivity index (χ2n) is 6.05. The molecule has 0 atom stereocenters. The third kappa shape index (κ3) is 3.91. The summed E-state index contributed by atoms with van der Waals surface area (Å²) in [5.74, 6) is -1.08. The lowest BCUT2D eigenvalue weighted by atomic mass is 10.1. The van der Waals surface area contributed by atoms with Gasteiger partial charge in [-0.25, -0.2) is 4.68 Å². The minimum Gasteiger partial charge on any atom is -0.380 e. The van der Waals surface area contributed by atoms with E-state index in [0.29, 0.717) is 29.5 Å². The summed E-state index contributed by atoms with van der Waals surface area (Å²) in [6.45, 7) is 2.54. The Hall–Kier alpha value is -3.52. The molecule has 1 aromatic heterocycles. The number of rotatable bonds is 5. The number of nitrogens with zero attached hydrogens (tertiary/aromatic N) is 2. The van der Waals surface area contributed by atoms with Crippen molar-refractivity contribution in [2.24, 2.45) is 0 Å². The van der Waals surface area contributed by atoms with E-state index in [1.54, 1.807) is 62.6 Å². The maximum absolute atomic E-state index is 12.6. The van der Waals surface area contributed by atoms with Crippen LogP contribution in [0.25, 0.3) is 10.8 Å². The molecule has 0 aliphatic heterocycles. The van der Waals surface area contributed by atoms with Gasteiger partial charge in [0.15, 0.2) is 5.69 Å². The number of hydrogen-bond donors (Lipinski definition) is 2. The monoisotopic (exact) mass is 380 g/mol. The molecule has 3 rings (SSSR count). The standard InChI is InChI=1S/C20H20N4O4/c1-3-24-20(27)16-7-5-4-6-15(16)17(23-24)19(26)22-21-18(25)14-10-8-13(9-11-14)12-28-2/h4-11H,3,12H2,1-2H3,(H,21,25)(H,22,26). The van der Waals surface area contributed by atoms with Gasteiger partial charge in [-0.1, -0.05) is 30.3 Å². The average molecular weight is 380 g/mol. The maximum atomic E-state index is 12.6. The predicted octanol–water partition coefficient (Wildman–Crippen LogP) is 1.64. The first-order valence-electron chi connectivity index (χ1n) is 8.73. The fourth-order valence-electron chi connectivity index (χ4n) is 2.78. The Bertz CT molecular complexity index is 1070. The summed E-state index contributed by atoms with van der Waals surface area (Å²) in [7, 11) is 1.59. The van der Waals surface area contributed by atoms with E-state index >= 15 is 0 Å². The predicted molar refractivity (Wildman–Crippen MR) is 104 cm³/mol. The zero-order chi connectivity index (χ0) is 20.1. The SMILES string of the molecule is CCn1nc(C(=O)NNC(=O)c2ccc(COC)cc2)c2ccccc2c1=O. The number of hydrogen-bond acceptors (Lipinski definition) is 5. The summed E-state index contributed by atoms with van der Waals surface area (Å²) in [5, 5.41) is 4.95. The van der Waals surface area contributed by atoms with Crippen molar-refractivity contribution in [1.82, 2.24) is 20.6 Å². The van der Waals surface area contributed by atoms with E-state index in [1.165, 1.54) is 4.68 Å². The van der Waals surface area contributed by atoms with Crippen molar-refractivity contribution in [2.75, 3.05) is 7.11 Å². The Morgan fingerprint density at radius 1 is 1.00 bits per heavy atom. The minimum absolute atomic E-state index is 0.0628. The Labute approximate surface area is 161 Å². The van der Waals surface area contributed by atoms with Crippen molar-refractivity contribution in [3.05, 3.63) is 75.7 Å². The molecule has 0 fully saturated rings. The Kier molecular flexibility index (Phi) is 5.81. The molecule has 0 spiro atoms. The zero-order valence-electron chi connectivity index (χ0n) is 15.6. The molecule has 0 aliphatic rings. The topological polar surface area (TPSA) is 102 Å². The molecular formula is C20H20N4O4. The summed E-state index contributed by atoms with van der Waals surface area (Å²) in [4.78, 5) is 37.2. The highest BCUT2D eigenvalue weighted by Gasteiger charge is 2.17. The quantitative estimate of drug-likeness (QED) is 0.655. The van der Waals surface area contributed by atoms with Gasteiger partial charge in [0.1, 0.15) is 0 Å². The summed E-state index contributed by atoms with van der Waals surface area (Å²) in [5.41, 5.74) is 5.84. The maximum Gasteiger partial charge on any atom is 0.290 e. The Morgan fingerprint density at radius 2 is 1.64 bits per heavy atom. The van der Waals surface area contributed by atoms with Crippen molar-refractivity contribution in [2.45, 2.75) is 20.1 Å². The first-order valence-corrected chi connectivity index (χ1v) is 8.73. The zero-order valence-corrected chi connectivity index (χ0v) is 15.6. The Morgan fingerprint density at radius 3 is 2.29 bits per heavy atom. The normalized spacial score (nSPS) is 10.6. The fourth-order valence-corrected chi connectivity index (χ4v) is 2.78. The molecule has 8 nitrogen and oxygen atoms in total. The number of benzene rings is 2. The molecule has 144 valence electrons. The molecule has 2 amide bonds. The summed E-state index contributed by atoms with van der Waals surface area (Å²) in [6, 6.07) is 13.6. The van der Waals surface area contributed by atoms with Crippen molar-refractivity contribution in [3.8, 4) is 0 Å². The van der Waals surface area contributed by atoms with E-state index < -0.39 is 11.8 Å². The lowest BCUT2D eigenvalue weighted by Crippen LogP contribution is -2.42. The number of carbonyl (C=O) groups excluding carboxylic acids is 2. The van der Waals surface area contributed by atoms with Gasteiger partial charge in [0.25, 0.3) is 17.4 Å². The number of aromatic nitrogens is 2.